The molecular formula is C19H15ClN4O2S. The molecule has 2 amide bonds. The number of hydrogen-bond donors (Lipinski definition) is 2. The first-order valence-corrected chi connectivity index (χ1v) is 9.59. The van der Waals surface area contributed by atoms with Crippen LogP contribution < -0.4 is 10.6 Å². The van der Waals surface area contributed by atoms with Crippen LogP contribution in [0.3, 0.4) is 0 Å². The van der Waals surface area contributed by atoms with Gasteiger partial charge in [0.2, 0.25) is 5.91 Å². The van der Waals surface area contributed by atoms with Crippen LogP contribution in [0, 0.1) is 0 Å². The Bertz CT molecular complexity index is 1020. The molecule has 2 heterocycles. The van der Waals surface area contributed by atoms with E-state index >= 15 is 0 Å². The van der Waals surface area contributed by atoms with Crippen LogP contribution in [0.1, 0.15) is 15.9 Å². The van der Waals surface area contributed by atoms with Crippen LogP contribution in [-0.2, 0) is 11.3 Å². The largest absolute Gasteiger partial charge is 0.324 e. The third kappa shape index (κ3) is 3.99. The zero-order chi connectivity index (χ0) is 18.8. The summed E-state index contributed by atoms with van der Waals surface area (Å²) in [5, 5.41) is 10.6. The molecule has 0 saturated heterocycles. The predicted octanol–water partition coefficient (Wildman–Crippen LogP) is 3.88. The average Bonchev–Trinajstić information content (AvgIpc) is 3.09. The molecule has 0 unspecified atom stereocenters. The van der Waals surface area contributed by atoms with Gasteiger partial charge in [0.1, 0.15) is 5.82 Å². The van der Waals surface area contributed by atoms with E-state index in [1.807, 2.05) is 30.3 Å². The van der Waals surface area contributed by atoms with Gasteiger partial charge in [0.05, 0.1) is 24.2 Å². The van der Waals surface area contributed by atoms with Gasteiger partial charge < -0.3 is 10.6 Å². The minimum Gasteiger partial charge on any atom is -0.324 e. The molecule has 0 spiro atoms. The second kappa shape index (κ2) is 7.46. The van der Waals surface area contributed by atoms with Gasteiger partial charge in [-0.3, -0.25) is 9.59 Å². The molecule has 0 aliphatic carbocycles. The molecule has 3 aromatic rings. The van der Waals surface area contributed by atoms with E-state index in [2.05, 4.69) is 15.7 Å². The number of amides is 2. The smallest absolute Gasteiger partial charge is 0.256 e. The predicted molar refractivity (Wildman–Crippen MR) is 107 cm³/mol. The summed E-state index contributed by atoms with van der Waals surface area (Å²) in [6, 6.07) is 14.5. The quantitative estimate of drug-likeness (QED) is 0.699. The Morgan fingerprint density at radius 2 is 2.04 bits per heavy atom. The molecule has 0 radical (unpaired) electrons. The first kappa shape index (κ1) is 17.6. The van der Waals surface area contributed by atoms with E-state index in [4.69, 9.17) is 11.6 Å². The molecule has 1 aliphatic heterocycles. The molecule has 0 atom stereocenters. The van der Waals surface area contributed by atoms with E-state index in [9.17, 15) is 9.59 Å². The highest BCUT2D eigenvalue weighted by Gasteiger charge is 2.18. The van der Waals surface area contributed by atoms with Gasteiger partial charge in [-0.05, 0) is 35.9 Å². The standard InChI is InChI=1S/C19H15ClN4O2S/c20-14-4-1-12(2-5-14)10-24-17(7-8-21-24)23-19(26)13-3-6-16-15(9-13)22-18(25)11-27-16/h1-9H,10-11H2,(H,22,25)(H,23,26). The third-order valence-corrected chi connectivity index (χ3v) is 5.40. The Morgan fingerprint density at radius 3 is 2.85 bits per heavy atom. The number of thioether (sulfide) groups is 1. The summed E-state index contributed by atoms with van der Waals surface area (Å²) in [6.07, 6.45) is 1.63. The van der Waals surface area contributed by atoms with E-state index in [1.54, 1.807) is 29.1 Å². The normalized spacial score (nSPS) is 13.0. The number of nitrogens with one attached hydrogen (secondary N) is 2. The first-order chi connectivity index (χ1) is 13.1. The third-order valence-electron chi connectivity index (χ3n) is 4.08. The van der Waals surface area contributed by atoms with Crippen molar-refractivity contribution < 1.29 is 9.59 Å². The van der Waals surface area contributed by atoms with Gasteiger partial charge in [0.15, 0.2) is 0 Å². The van der Waals surface area contributed by atoms with Crippen LogP contribution in [0.2, 0.25) is 5.02 Å². The number of halogens is 1. The summed E-state index contributed by atoms with van der Waals surface area (Å²) in [4.78, 5) is 25.1. The van der Waals surface area contributed by atoms with Crippen molar-refractivity contribution in [3.8, 4) is 0 Å². The lowest BCUT2D eigenvalue weighted by Gasteiger charge is -2.17. The number of benzene rings is 2. The topological polar surface area (TPSA) is 76.0 Å². The number of fused-ring (bicyclic) bond motifs is 1. The number of hydrogen-bond acceptors (Lipinski definition) is 4. The number of rotatable bonds is 4. The molecule has 4 rings (SSSR count). The van der Waals surface area contributed by atoms with Crippen molar-refractivity contribution in [2.75, 3.05) is 16.4 Å². The van der Waals surface area contributed by atoms with Gasteiger partial charge in [0.25, 0.3) is 5.91 Å². The Kier molecular flexibility index (Phi) is 4.87. The molecule has 6 nitrogen and oxygen atoms in total. The van der Waals surface area contributed by atoms with E-state index in [0.29, 0.717) is 34.4 Å². The zero-order valence-electron chi connectivity index (χ0n) is 14.1. The van der Waals surface area contributed by atoms with Gasteiger partial charge in [-0.25, -0.2) is 4.68 Å². The first-order valence-electron chi connectivity index (χ1n) is 8.23. The SMILES string of the molecule is O=C1CSc2ccc(C(=O)Nc3ccnn3Cc3ccc(Cl)cc3)cc2N1. The van der Waals surface area contributed by atoms with Crippen molar-refractivity contribution in [1.29, 1.82) is 0 Å². The Labute approximate surface area is 164 Å². The monoisotopic (exact) mass is 398 g/mol. The summed E-state index contributed by atoms with van der Waals surface area (Å²) >= 11 is 7.37. The van der Waals surface area contributed by atoms with Crippen molar-refractivity contribution in [1.82, 2.24) is 9.78 Å². The zero-order valence-corrected chi connectivity index (χ0v) is 15.7. The highest BCUT2D eigenvalue weighted by atomic mass is 35.5. The van der Waals surface area contributed by atoms with E-state index in [-0.39, 0.29) is 11.8 Å². The Hall–Kier alpha value is -2.77. The highest BCUT2D eigenvalue weighted by Crippen LogP contribution is 2.32. The molecule has 1 aliphatic rings. The van der Waals surface area contributed by atoms with Crippen molar-refractivity contribution in [2.45, 2.75) is 11.4 Å². The number of carbonyl (C=O) groups excluding carboxylic acids is 2. The van der Waals surface area contributed by atoms with Crippen LogP contribution >= 0.6 is 23.4 Å². The van der Waals surface area contributed by atoms with Gasteiger partial charge >= 0.3 is 0 Å². The molecule has 2 aromatic carbocycles. The van der Waals surface area contributed by atoms with Crippen LogP contribution in [0.4, 0.5) is 11.5 Å². The Morgan fingerprint density at radius 1 is 1.22 bits per heavy atom. The number of carbonyl (C=O) groups is 2. The van der Waals surface area contributed by atoms with Crippen LogP contribution in [-0.4, -0.2) is 27.3 Å². The lowest BCUT2D eigenvalue weighted by molar-refractivity contribution is -0.113. The van der Waals surface area contributed by atoms with Crippen molar-refractivity contribution in [2.24, 2.45) is 0 Å². The summed E-state index contributed by atoms with van der Waals surface area (Å²) in [7, 11) is 0. The maximum absolute atomic E-state index is 12.6. The van der Waals surface area contributed by atoms with Gasteiger partial charge in [-0.1, -0.05) is 23.7 Å². The fourth-order valence-corrected chi connectivity index (χ4v) is 3.65. The van der Waals surface area contributed by atoms with Crippen molar-refractivity contribution in [3.63, 3.8) is 0 Å². The second-order valence-electron chi connectivity index (χ2n) is 6.00. The fourth-order valence-electron chi connectivity index (χ4n) is 2.74. The van der Waals surface area contributed by atoms with Crippen LogP contribution in [0.5, 0.6) is 0 Å². The van der Waals surface area contributed by atoms with E-state index in [1.165, 1.54) is 11.8 Å². The minimum absolute atomic E-state index is 0.0638. The average molecular weight is 399 g/mol. The summed E-state index contributed by atoms with van der Waals surface area (Å²) in [6.45, 7) is 0.511. The van der Waals surface area contributed by atoms with E-state index in [0.717, 1.165) is 10.5 Å². The van der Waals surface area contributed by atoms with E-state index < -0.39 is 0 Å². The minimum atomic E-state index is -0.263. The lowest BCUT2D eigenvalue weighted by atomic mass is 10.2. The van der Waals surface area contributed by atoms with Crippen LogP contribution in [0.15, 0.2) is 59.6 Å². The number of aromatic nitrogens is 2. The highest BCUT2D eigenvalue weighted by molar-refractivity contribution is 8.00. The molecule has 1 aromatic heterocycles. The fraction of sp³-hybridized carbons (Fsp3) is 0.105. The Balaban J connectivity index is 1.51. The maximum atomic E-state index is 12.6. The number of anilines is 2. The van der Waals surface area contributed by atoms with Crippen molar-refractivity contribution in [3.05, 3.63) is 70.9 Å². The molecular weight excluding hydrogens is 384 g/mol. The molecule has 8 heteroatoms. The molecule has 27 heavy (non-hydrogen) atoms. The van der Waals surface area contributed by atoms with Crippen molar-refractivity contribution >= 4 is 46.7 Å². The maximum Gasteiger partial charge on any atom is 0.256 e. The number of nitrogens with zero attached hydrogens (tertiary/aromatic N) is 2. The van der Waals surface area contributed by atoms with Crippen LogP contribution in [0.25, 0.3) is 0 Å². The summed E-state index contributed by atoms with van der Waals surface area (Å²) in [5.41, 5.74) is 2.15. The second-order valence-corrected chi connectivity index (χ2v) is 7.46. The molecule has 136 valence electrons. The van der Waals surface area contributed by atoms with Gasteiger partial charge in [-0.15, -0.1) is 11.8 Å². The molecule has 0 bridgehead atoms. The van der Waals surface area contributed by atoms with Gasteiger partial charge in [0, 0.05) is 21.5 Å². The van der Waals surface area contributed by atoms with Gasteiger partial charge in [-0.2, -0.15) is 5.10 Å². The molecule has 0 fully saturated rings. The summed E-state index contributed by atoms with van der Waals surface area (Å²) in [5.74, 6) is 0.653. The molecule has 0 saturated carbocycles. The molecule has 2 N–H and O–H groups in total. The summed E-state index contributed by atoms with van der Waals surface area (Å²) < 4.78 is 1.71. The lowest BCUT2D eigenvalue weighted by Crippen LogP contribution is -2.20.